The van der Waals surface area contributed by atoms with Crippen LogP contribution in [-0.2, 0) is 32.3 Å². The Morgan fingerprint density at radius 2 is 1.52 bits per heavy atom. The first-order chi connectivity index (χ1) is 18.7. The number of halogens is 6. The molecule has 0 spiro atoms. The lowest BCUT2D eigenvalue weighted by Crippen LogP contribution is -2.50. The van der Waals surface area contributed by atoms with Gasteiger partial charge in [-0.2, -0.15) is 13.2 Å². The number of rotatable bonds is 9. The van der Waals surface area contributed by atoms with Gasteiger partial charge >= 0.3 is 6.18 Å². The van der Waals surface area contributed by atoms with Crippen molar-refractivity contribution in [2.75, 3.05) is 17.9 Å². The Balaban J connectivity index is 2.16. The molecule has 0 saturated carbocycles. The Labute approximate surface area is 244 Å². The Morgan fingerprint density at radius 1 is 0.925 bits per heavy atom. The molecule has 3 aromatic carbocycles. The molecule has 14 heteroatoms. The van der Waals surface area contributed by atoms with E-state index in [-0.39, 0.29) is 32.1 Å². The number of likely N-dealkylation sites (N-methyl/N-ethyl adjacent to an activating group) is 1. The molecule has 3 rings (SSSR count). The van der Waals surface area contributed by atoms with Crippen LogP contribution >= 0.6 is 34.8 Å². The second-order valence-corrected chi connectivity index (χ2v) is 11.6. The SMILES string of the molecule is CNC(=O)[C@H](C)N(Cc1c(Cl)cccc1Cl)C(=O)CN(c1cc(C(F)(F)F)ccc1Cl)S(=O)(=O)c1ccccc1. The molecular formula is C26H23Cl3F3N3O4S. The number of nitrogens with one attached hydrogen (secondary N) is 1. The highest BCUT2D eigenvalue weighted by Crippen LogP contribution is 2.37. The quantitative estimate of drug-likeness (QED) is 0.311. The summed E-state index contributed by atoms with van der Waals surface area (Å²) >= 11 is 18.8. The van der Waals surface area contributed by atoms with Crippen molar-refractivity contribution in [2.24, 2.45) is 0 Å². The lowest BCUT2D eigenvalue weighted by atomic mass is 10.1. The van der Waals surface area contributed by atoms with Crippen molar-refractivity contribution < 1.29 is 31.2 Å². The number of anilines is 1. The summed E-state index contributed by atoms with van der Waals surface area (Å²) in [5, 5.41) is 2.43. The standard InChI is InChI=1S/C26H23Cl3F3N3O4S/c1-16(25(37)33-2)34(14-19-20(27)9-6-10-21(19)28)24(36)15-35(40(38,39)18-7-4-3-5-8-18)23-13-17(26(30,31)32)11-12-22(23)29/h3-13,16H,14-15H2,1-2H3,(H,33,37)/t16-/m0/s1. The minimum absolute atomic E-state index is 0.184. The van der Waals surface area contributed by atoms with Crippen LogP contribution < -0.4 is 9.62 Å². The van der Waals surface area contributed by atoms with Crippen molar-refractivity contribution in [1.82, 2.24) is 10.2 Å². The summed E-state index contributed by atoms with van der Waals surface area (Å²) in [6, 6.07) is 12.4. The van der Waals surface area contributed by atoms with E-state index in [1.54, 1.807) is 12.1 Å². The number of sulfonamides is 1. The van der Waals surface area contributed by atoms with Gasteiger partial charge in [0.25, 0.3) is 10.0 Å². The van der Waals surface area contributed by atoms with E-state index >= 15 is 0 Å². The van der Waals surface area contributed by atoms with Gasteiger partial charge in [-0.3, -0.25) is 13.9 Å². The van der Waals surface area contributed by atoms with Gasteiger partial charge in [-0.1, -0.05) is 59.1 Å². The first-order valence-electron chi connectivity index (χ1n) is 11.6. The molecule has 7 nitrogen and oxygen atoms in total. The van der Waals surface area contributed by atoms with Gasteiger partial charge in [0.2, 0.25) is 11.8 Å². The van der Waals surface area contributed by atoms with Crippen LogP contribution in [0.1, 0.15) is 18.1 Å². The normalized spacial score (nSPS) is 12.5. The van der Waals surface area contributed by atoms with Crippen LogP contribution in [0.5, 0.6) is 0 Å². The molecule has 2 amide bonds. The molecule has 0 saturated heterocycles. The first kappa shape index (κ1) is 31.5. The van der Waals surface area contributed by atoms with Crippen LogP contribution in [0, 0.1) is 0 Å². The van der Waals surface area contributed by atoms with Crippen molar-refractivity contribution in [3.05, 3.63) is 92.9 Å². The number of alkyl halides is 3. The average Bonchev–Trinajstić information content (AvgIpc) is 2.91. The summed E-state index contributed by atoms with van der Waals surface area (Å²) in [5.41, 5.74) is -1.47. The average molecular weight is 637 g/mol. The molecule has 0 aliphatic rings. The van der Waals surface area contributed by atoms with Crippen LogP contribution in [-0.4, -0.2) is 44.8 Å². The van der Waals surface area contributed by atoms with Crippen LogP contribution in [0.2, 0.25) is 15.1 Å². The summed E-state index contributed by atoms with van der Waals surface area (Å²) < 4.78 is 68.6. The molecule has 3 aromatic rings. The van der Waals surface area contributed by atoms with Crippen LogP contribution in [0.3, 0.4) is 0 Å². The van der Waals surface area contributed by atoms with Crippen molar-refractivity contribution in [2.45, 2.75) is 30.6 Å². The van der Waals surface area contributed by atoms with Crippen LogP contribution in [0.4, 0.5) is 18.9 Å². The van der Waals surface area contributed by atoms with Gasteiger partial charge in [0.15, 0.2) is 0 Å². The van der Waals surface area contributed by atoms with E-state index < -0.39 is 51.9 Å². The van der Waals surface area contributed by atoms with Gasteiger partial charge in [-0.25, -0.2) is 8.42 Å². The zero-order valence-corrected chi connectivity index (χ0v) is 24.1. The molecule has 0 radical (unpaired) electrons. The van der Waals surface area contributed by atoms with Crippen molar-refractivity contribution in [3.63, 3.8) is 0 Å². The Morgan fingerprint density at radius 3 is 2.08 bits per heavy atom. The predicted molar refractivity (Wildman–Crippen MR) is 148 cm³/mol. The highest BCUT2D eigenvalue weighted by Gasteiger charge is 2.36. The maximum absolute atomic E-state index is 13.8. The summed E-state index contributed by atoms with van der Waals surface area (Å²) in [6.45, 7) is 0.0951. The maximum Gasteiger partial charge on any atom is 0.416 e. The summed E-state index contributed by atoms with van der Waals surface area (Å²) in [4.78, 5) is 27.1. The Hall–Kier alpha value is -2.99. The third-order valence-electron chi connectivity index (χ3n) is 5.96. The van der Waals surface area contributed by atoms with E-state index in [1.165, 1.54) is 50.4 Å². The Kier molecular flexibility index (Phi) is 9.99. The van der Waals surface area contributed by atoms with Crippen LogP contribution in [0.25, 0.3) is 0 Å². The molecule has 0 aliphatic heterocycles. The Bertz CT molecular complexity index is 1490. The lowest BCUT2D eigenvalue weighted by molar-refractivity contribution is -0.139. The molecule has 0 fully saturated rings. The van der Waals surface area contributed by atoms with Gasteiger partial charge in [-0.15, -0.1) is 0 Å². The predicted octanol–water partition coefficient (Wildman–Crippen LogP) is 6.02. The van der Waals surface area contributed by atoms with Crippen molar-refractivity contribution in [3.8, 4) is 0 Å². The minimum Gasteiger partial charge on any atom is -0.357 e. The number of amides is 2. The second kappa shape index (κ2) is 12.7. The van der Waals surface area contributed by atoms with Gasteiger partial charge < -0.3 is 10.2 Å². The van der Waals surface area contributed by atoms with E-state index in [4.69, 9.17) is 34.8 Å². The van der Waals surface area contributed by atoms with Gasteiger partial charge in [-0.05, 0) is 49.4 Å². The fraction of sp³-hybridized carbons (Fsp3) is 0.231. The lowest BCUT2D eigenvalue weighted by Gasteiger charge is -2.32. The maximum atomic E-state index is 13.8. The summed E-state index contributed by atoms with van der Waals surface area (Å²) in [6.07, 6.45) is -4.83. The third kappa shape index (κ3) is 7.01. The van der Waals surface area contributed by atoms with E-state index in [0.717, 1.165) is 11.0 Å². The molecule has 1 atom stereocenters. The monoisotopic (exact) mass is 635 g/mol. The smallest absolute Gasteiger partial charge is 0.357 e. The highest BCUT2D eigenvalue weighted by molar-refractivity contribution is 7.92. The zero-order chi connectivity index (χ0) is 29.8. The molecule has 0 unspecified atom stereocenters. The fourth-order valence-electron chi connectivity index (χ4n) is 3.76. The molecule has 0 heterocycles. The number of hydrogen-bond acceptors (Lipinski definition) is 4. The fourth-order valence-corrected chi connectivity index (χ4v) is 5.99. The van der Waals surface area contributed by atoms with Crippen molar-refractivity contribution in [1.29, 1.82) is 0 Å². The van der Waals surface area contributed by atoms with Crippen molar-refractivity contribution >= 4 is 62.3 Å². The molecule has 0 aliphatic carbocycles. The molecule has 40 heavy (non-hydrogen) atoms. The third-order valence-corrected chi connectivity index (χ3v) is 8.76. The van der Waals surface area contributed by atoms with Gasteiger partial charge in [0, 0.05) is 29.2 Å². The zero-order valence-electron chi connectivity index (χ0n) is 21.0. The molecule has 0 bridgehead atoms. The van der Waals surface area contributed by atoms with Gasteiger partial charge in [0.1, 0.15) is 12.6 Å². The van der Waals surface area contributed by atoms with Crippen LogP contribution in [0.15, 0.2) is 71.6 Å². The van der Waals surface area contributed by atoms with E-state index in [0.29, 0.717) is 16.4 Å². The second-order valence-electron chi connectivity index (χ2n) is 8.50. The molecule has 1 N–H and O–H groups in total. The highest BCUT2D eigenvalue weighted by atomic mass is 35.5. The number of carbonyl (C=O) groups is 2. The number of carbonyl (C=O) groups excluding carboxylic acids is 2. The largest absolute Gasteiger partial charge is 0.416 e. The van der Waals surface area contributed by atoms with Gasteiger partial charge in [0.05, 0.1) is 21.2 Å². The van der Waals surface area contributed by atoms with E-state index in [2.05, 4.69) is 5.32 Å². The number of hydrogen-bond donors (Lipinski definition) is 1. The molecule has 0 aromatic heterocycles. The molecule has 214 valence electrons. The number of benzene rings is 3. The summed E-state index contributed by atoms with van der Waals surface area (Å²) in [7, 11) is -3.28. The number of nitrogens with zero attached hydrogens (tertiary/aromatic N) is 2. The summed E-state index contributed by atoms with van der Waals surface area (Å²) in [5.74, 6) is -1.52. The topological polar surface area (TPSA) is 86.8 Å². The van der Waals surface area contributed by atoms with E-state index in [1.807, 2.05) is 0 Å². The minimum atomic E-state index is -4.83. The molecular weight excluding hydrogens is 614 g/mol. The first-order valence-corrected chi connectivity index (χ1v) is 14.1. The van der Waals surface area contributed by atoms with E-state index in [9.17, 15) is 31.2 Å².